The third-order valence-electron chi connectivity index (χ3n) is 9.30. The molecule has 0 aliphatic carbocycles. The Bertz CT molecular complexity index is 1070. The first-order valence-electron chi connectivity index (χ1n) is 22.1. The van der Waals surface area contributed by atoms with Gasteiger partial charge in [0.25, 0.3) is 0 Å². The van der Waals surface area contributed by atoms with E-state index in [0.29, 0.717) is 12.8 Å². The Kier molecular flexibility index (Phi) is 42.0. The summed E-state index contributed by atoms with van der Waals surface area (Å²) in [5.41, 5.74) is 0. The second kappa shape index (κ2) is 44.4. The average molecular weight is 746 g/mol. The predicted molar refractivity (Wildman–Crippen MR) is 239 cm³/mol. The maximum Gasteiger partial charge on any atom is 0.220 e. The van der Waals surface area contributed by atoms with Crippen LogP contribution in [0.2, 0.25) is 0 Å². The van der Waals surface area contributed by atoms with Gasteiger partial charge in [0.15, 0.2) is 0 Å². The molecule has 3 N–H and O–H groups in total. The summed E-state index contributed by atoms with van der Waals surface area (Å²) in [6.45, 7) is 4.20. The first-order chi connectivity index (χ1) is 26.7. The number of nitrogens with one attached hydrogen (secondary N) is 1. The largest absolute Gasteiger partial charge is 0.394 e. The molecule has 4 heteroatoms. The maximum atomic E-state index is 12.4. The molecule has 0 rings (SSSR count). The molecule has 0 aromatic rings. The lowest BCUT2D eigenvalue weighted by molar-refractivity contribution is -0.123. The van der Waals surface area contributed by atoms with E-state index in [9.17, 15) is 15.0 Å². The molecular formula is C50H83NO3. The Morgan fingerprint density at radius 2 is 0.815 bits per heavy atom. The van der Waals surface area contributed by atoms with Crippen molar-refractivity contribution in [2.24, 2.45) is 0 Å². The van der Waals surface area contributed by atoms with E-state index < -0.39 is 12.1 Å². The van der Waals surface area contributed by atoms with E-state index in [-0.39, 0.29) is 12.5 Å². The van der Waals surface area contributed by atoms with Crippen LogP contribution in [0.3, 0.4) is 0 Å². The lowest BCUT2D eigenvalue weighted by Crippen LogP contribution is -2.45. The van der Waals surface area contributed by atoms with Gasteiger partial charge in [-0.25, -0.2) is 0 Å². The standard InChI is InChI=1S/C50H83NO3/c1-3-5-7-9-11-13-15-16-17-18-19-20-21-22-23-24-25-26-27-28-29-30-31-32-33-34-36-38-40-42-44-46-50(54)51-48(47-52)49(53)45-43-41-39-37-35-14-12-10-8-6-4-2/h5,7,11,13,16-17,19-20,22-23,25-26,28-29,31-32,34,36,48-49,52-53H,3-4,6,8-10,12,14-15,18,21,24,27,30,33,35,37-47H2,1-2H3,(H,51,54)/b7-5-,13-11-,17-16-,20-19-,23-22-,26-25-,29-28-,32-31-,36-34-. The van der Waals surface area contributed by atoms with Crippen molar-refractivity contribution in [2.45, 2.75) is 193 Å². The topological polar surface area (TPSA) is 69.6 Å². The van der Waals surface area contributed by atoms with Gasteiger partial charge in [-0.2, -0.15) is 0 Å². The molecule has 0 aliphatic heterocycles. The lowest BCUT2D eigenvalue weighted by Gasteiger charge is -2.22. The van der Waals surface area contributed by atoms with Crippen LogP contribution < -0.4 is 5.32 Å². The Morgan fingerprint density at radius 1 is 0.463 bits per heavy atom. The van der Waals surface area contributed by atoms with E-state index in [1.54, 1.807) is 0 Å². The molecule has 54 heavy (non-hydrogen) atoms. The summed E-state index contributed by atoms with van der Waals surface area (Å²) in [5, 5.41) is 23.1. The van der Waals surface area contributed by atoms with Crippen LogP contribution in [-0.2, 0) is 4.79 Å². The zero-order valence-corrected chi connectivity index (χ0v) is 34.9. The maximum absolute atomic E-state index is 12.4. The lowest BCUT2D eigenvalue weighted by atomic mass is 10.0. The second-order valence-electron chi connectivity index (χ2n) is 14.4. The Labute approximate surface area is 334 Å². The number of hydrogen-bond donors (Lipinski definition) is 3. The molecule has 0 aromatic carbocycles. The molecule has 2 atom stereocenters. The summed E-state index contributed by atoms with van der Waals surface area (Å²) in [6, 6.07) is -0.560. The van der Waals surface area contributed by atoms with Crippen molar-refractivity contribution in [3.05, 3.63) is 109 Å². The van der Waals surface area contributed by atoms with Crippen LogP contribution in [0.1, 0.15) is 181 Å². The third-order valence-corrected chi connectivity index (χ3v) is 9.30. The zero-order chi connectivity index (χ0) is 39.3. The number of aliphatic hydroxyl groups excluding tert-OH is 2. The molecule has 0 aliphatic rings. The number of carbonyl (C=O) groups is 1. The highest BCUT2D eigenvalue weighted by atomic mass is 16.3. The summed E-state index contributed by atoms with van der Waals surface area (Å²) < 4.78 is 0. The van der Waals surface area contributed by atoms with Gasteiger partial charge < -0.3 is 15.5 Å². The number of unbranched alkanes of at least 4 members (excludes halogenated alkanes) is 13. The van der Waals surface area contributed by atoms with Crippen molar-refractivity contribution in [1.29, 1.82) is 0 Å². The fourth-order valence-corrected chi connectivity index (χ4v) is 5.94. The smallest absolute Gasteiger partial charge is 0.220 e. The molecule has 0 saturated heterocycles. The summed E-state index contributed by atoms with van der Waals surface area (Å²) in [7, 11) is 0. The number of rotatable bonds is 38. The number of carbonyl (C=O) groups excluding carboxylic acids is 1. The Morgan fingerprint density at radius 3 is 1.20 bits per heavy atom. The minimum Gasteiger partial charge on any atom is -0.394 e. The summed E-state index contributed by atoms with van der Waals surface area (Å²) >= 11 is 0. The van der Waals surface area contributed by atoms with Gasteiger partial charge in [-0.05, 0) is 83.5 Å². The first kappa shape index (κ1) is 51.0. The summed E-state index contributed by atoms with van der Waals surface area (Å²) in [4.78, 5) is 12.4. The zero-order valence-electron chi connectivity index (χ0n) is 34.9. The van der Waals surface area contributed by atoms with Gasteiger partial charge in [0, 0.05) is 6.42 Å². The van der Waals surface area contributed by atoms with Gasteiger partial charge in [-0.1, -0.05) is 200 Å². The van der Waals surface area contributed by atoms with Gasteiger partial charge in [0.05, 0.1) is 18.8 Å². The molecular weight excluding hydrogens is 663 g/mol. The molecule has 0 spiro atoms. The molecule has 0 heterocycles. The highest BCUT2D eigenvalue weighted by molar-refractivity contribution is 5.76. The van der Waals surface area contributed by atoms with E-state index in [0.717, 1.165) is 96.3 Å². The van der Waals surface area contributed by atoms with Crippen LogP contribution in [0.25, 0.3) is 0 Å². The van der Waals surface area contributed by atoms with Gasteiger partial charge in [-0.3, -0.25) is 4.79 Å². The highest BCUT2D eigenvalue weighted by Crippen LogP contribution is 2.14. The fraction of sp³-hybridized carbons (Fsp3) is 0.620. The van der Waals surface area contributed by atoms with E-state index >= 15 is 0 Å². The van der Waals surface area contributed by atoms with Crippen molar-refractivity contribution in [1.82, 2.24) is 5.32 Å². The summed E-state index contributed by atoms with van der Waals surface area (Å²) in [6.07, 6.45) is 67.3. The predicted octanol–water partition coefficient (Wildman–Crippen LogP) is 14.0. The third kappa shape index (κ3) is 40.2. The minimum absolute atomic E-state index is 0.0703. The van der Waals surface area contributed by atoms with Gasteiger partial charge in [0.1, 0.15) is 0 Å². The highest BCUT2D eigenvalue weighted by Gasteiger charge is 2.19. The number of hydrogen-bond acceptors (Lipinski definition) is 3. The van der Waals surface area contributed by atoms with Gasteiger partial charge in [0.2, 0.25) is 5.91 Å². The average Bonchev–Trinajstić information content (AvgIpc) is 3.18. The van der Waals surface area contributed by atoms with E-state index in [4.69, 9.17) is 0 Å². The van der Waals surface area contributed by atoms with Crippen molar-refractivity contribution < 1.29 is 15.0 Å². The normalized spacial score (nSPS) is 14.1. The Hall–Kier alpha value is -2.95. The monoisotopic (exact) mass is 746 g/mol. The molecule has 306 valence electrons. The van der Waals surface area contributed by atoms with Crippen LogP contribution in [0, 0.1) is 0 Å². The summed E-state index contributed by atoms with van der Waals surface area (Å²) in [5.74, 6) is -0.0703. The van der Waals surface area contributed by atoms with E-state index in [1.165, 1.54) is 57.8 Å². The van der Waals surface area contributed by atoms with Crippen molar-refractivity contribution in [3.8, 4) is 0 Å². The molecule has 0 aromatic heterocycles. The van der Waals surface area contributed by atoms with Crippen molar-refractivity contribution >= 4 is 5.91 Å². The molecule has 0 fully saturated rings. The quantitative estimate of drug-likeness (QED) is 0.0435. The van der Waals surface area contributed by atoms with Gasteiger partial charge in [-0.15, -0.1) is 0 Å². The minimum atomic E-state index is -0.680. The van der Waals surface area contributed by atoms with Crippen molar-refractivity contribution in [2.75, 3.05) is 6.61 Å². The van der Waals surface area contributed by atoms with Crippen LogP contribution in [-0.4, -0.2) is 34.9 Å². The number of allylic oxidation sites excluding steroid dienone is 18. The van der Waals surface area contributed by atoms with Crippen LogP contribution in [0.15, 0.2) is 109 Å². The van der Waals surface area contributed by atoms with Crippen LogP contribution in [0.5, 0.6) is 0 Å². The first-order valence-corrected chi connectivity index (χ1v) is 22.1. The van der Waals surface area contributed by atoms with Crippen LogP contribution in [0.4, 0.5) is 0 Å². The molecule has 0 bridgehead atoms. The van der Waals surface area contributed by atoms with Crippen molar-refractivity contribution in [3.63, 3.8) is 0 Å². The van der Waals surface area contributed by atoms with Gasteiger partial charge >= 0.3 is 0 Å². The number of amides is 1. The Balaban J connectivity index is 3.71. The fourth-order valence-electron chi connectivity index (χ4n) is 5.94. The van der Waals surface area contributed by atoms with E-state index in [2.05, 4.69) is 129 Å². The molecule has 0 saturated carbocycles. The second-order valence-corrected chi connectivity index (χ2v) is 14.4. The SMILES string of the molecule is CC/C=C\C/C=C\C/C=C\C/C=C\C/C=C\C/C=C\C/C=C\C/C=C\C/C=C\CCCCCC(=O)NC(CO)C(O)CCCCCCCCCCCCC. The molecule has 0 radical (unpaired) electrons. The number of aliphatic hydroxyl groups is 2. The van der Waals surface area contributed by atoms with Crippen LogP contribution >= 0.6 is 0 Å². The molecule has 2 unspecified atom stereocenters. The molecule has 1 amide bonds. The van der Waals surface area contributed by atoms with E-state index in [1.807, 2.05) is 0 Å². The molecule has 4 nitrogen and oxygen atoms in total.